The van der Waals surface area contributed by atoms with Gasteiger partial charge in [0.05, 0.1) is 0 Å². The molecule has 1 fully saturated rings. The van der Waals surface area contributed by atoms with Gasteiger partial charge in [-0.25, -0.2) is 0 Å². The molecule has 13 heavy (non-hydrogen) atoms. The van der Waals surface area contributed by atoms with E-state index in [4.69, 9.17) is 5.11 Å². The number of rotatable bonds is 4. The number of unbranched alkanes of at least 4 members (excludes halogenated alkanes) is 1. The van der Waals surface area contributed by atoms with Gasteiger partial charge in [-0.3, -0.25) is 4.90 Å². The van der Waals surface area contributed by atoms with E-state index in [0.29, 0.717) is 6.61 Å². The number of likely N-dealkylation sites (tertiary alicyclic amines) is 1. The molecule has 1 aliphatic rings. The van der Waals surface area contributed by atoms with Crippen LogP contribution in [0.2, 0.25) is 0 Å². The topological polar surface area (TPSA) is 23.5 Å². The van der Waals surface area contributed by atoms with Crippen LogP contribution in [0.3, 0.4) is 0 Å². The van der Waals surface area contributed by atoms with Gasteiger partial charge < -0.3 is 5.11 Å². The minimum absolute atomic E-state index is 0.344. The van der Waals surface area contributed by atoms with Gasteiger partial charge in [0.15, 0.2) is 0 Å². The number of piperidine rings is 1. The average molecular weight is 185 g/mol. The third-order valence-electron chi connectivity index (χ3n) is 3.20. The maximum Gasteiger partial charge on any atom is 0.0431 e. The fourth-order valence-corrected chi connectivity index (χ4v) is 2.32. The van der Waals surface area contributed by atoms with E-state index < -0.39 is 0 Å². The zero-order valence-electron chi connectivity index (χ0n) is 9.00. The Balaban J connectivity index is 2.26. The van der Waals surface area contributed by atoms with E-state index in [1.54, 1.807) is 0 Å². The molecule has 2 unspecified atom stereocenters. The van der Waals surface area contributed by atoms with E-state index >= 15 is 0 Å². The van der Waals surface area contributed by atoms with Crippen molar-refractivity contribution in [3.63, 3.8) is 0 Å². The Morgan fingerprint density at radius 1 is 1.15 bits per heavy atom. The summed E-state index contributed by atoms with van der Waals surface area (Å²) in [6.07, 6.45) is 6.19. The van der Waals surface area contributed by atoms with Crippen LogP contribution in [0.1, 0.15) is 46.0 Å². The first kappa shape index (κ1) is 11.0. The van der Waals surface area contributed by atoms with Gasteiger partial charge in [-0.15, -0.1) is 0 Å². The lowest BCUT2D eigenvalue weighted by Crippen LogP contribution is -2.44. The zero-order valence-corrected chi connectivity index (χ0v) is 9.00. The van der Waals surface area contributed by atoms with Gasteiger partial charge in [0.25, 0.3) is 0 Å². The fraction of sp³-hybridized carbons (Fsp3) is 1.00. The number of aliphatic hydroxyl groups is 1. The summed E-state index contributed by atoms with van der Waals surface area (Å²) in [4.78, 5) is 2.60. The Kier molecular flexibility index (Phi) is 4.74. The molecular formula is C11H23NO. The predicted molar refractivity (Wildman–Crippen MR) is 55.8 cm³/mol. The van der Waals surface area contributed by atoms with Crippen LogP contribution >= 0.6 is 0 Å². The summed E-state index contributed by atoms with van der Waals surface area (Å²) < 4.78 is 0. The summed E-state index contributed by atoms with van der Waals surface area (Å²) in [5, 5.41) is 8.71. The van der Waals surface area contributed by atoms with Crippen molar-refractivity contribution < 1.29 is 5.11 Å². The molecule has 1 aliphatic heterocycles. The molecule has 1 saturated heterocycles. The summed E-state index contributed by atoms with van der Waals surface area (Å²) in [6, 6.07) is 1.50. The molecule has 0 aromatic rings. The Morgan fingerprint density at radius 2 is 1.77 bits per heavy atom. The molecule has 0 aromatic carbocycles. The van der Waals surface area contributed by atoms with Gasteiger partial charge in [0, 0.05) is 18.7 Å². The molecule has 1 rings (SSSR count). The Labute approximate surface area is 81.9 Å². The second-order valence-electron chi connectivity index (χ2n) is 4.30. The molecule has 0 spiro atoms. The lowest BCUT2D eigenvalue weighted by molar-refractivity contribution is 0.0990. The van der Waals surface area contributed by atoms with Crippen LogP contribution in [0, 0.1) is 0 Å². The maximum absolute atomic E-state index is 8.71. The molecule has 0 saturated carbocycles. The summed E-state index contributed by atoms with van der Waals surface area (Å²) in [7, 11) is 0. The highest BCUT2D eigenvalue weighted by molar-refractivity contribution is 4.79. The van der Waals surface area contributed by atoms with Gasteiger partial charge in [0.2, 0.25) is 0 Å². The fourth-order valence-electron chi connectivity index (χ4n) is 2.32. The molecule has 0 bridgehead atoms. The first-order valence-electron chi connectivity index (χ1n) is 5.62. The molecule has 2 heteroatoms. The molecule has 0 aliphatic carbocycles. The molecule has 1 heterocycles. The number of hydrogen-bond donors (Lipinski definition) is 1. The first-order chi connectivity index (χ1) is 6.25. The van der Waals surface area contributed by atoms with Crippen molar-refractivity contribution in [2.24, 2.45) is 0 Å². The molecule has 78 valence electrons. The van der Waals surface area contributed by atoms with Crippen molar-refractivity contribution in [1.29, 1.82) is 0 Å². The summed E-state index contributed by atoms with van der Waals surface area (Å²) >= 11 is 0. The van der Waals surface area contributed by atoms with Crippen LogP contribution in [0.15, 0.2) is 0 Å². The normalized spacial score (nSPS) is 30.7. The van der Waals surface area contributed by atoms with Gasteiger partial charge >= 0.3 is 0 Å². The van der Waals surface area contributed by atoms with E-state index in [2.05, 4.69) is 18.7 Å². The van der Waals surface area contributed by atoms with Crippen LogP contribution in [0.5, 0.6) is 0 Å². The molecule has 1 N–H and O–H groups in total. The minimum Gasteiger partial charge on any atom is -0.396 e. The van der Waals surface area contributed by atoms with Gasteiger partial charge in [-0.1, -0.05) is 6.42 Å². The quantitative estimate of drug-likeness (QED) is 0.677. The van der Waals surface area contributed by atoms with Crippen molar-refractivity contribution in [3.8, 4) is 0 Å². The average Bonchev–Trinajstić information content (AvgIpc) is 2.10. The standard InChI is InChI=1S/C11H23NO/c1-10-6-5-7-11(2)12(10)8-3-4-9-13/h10-11,13H,3-9H2,1-2H3. The summed E-state index contributed by atoms with van der Waals surface area (Å²) in [5.41, 5.74) is 0. The first-order valence-corrected chi connectivity index (χ1v) is 5.62. The van der Waals surface area contributed by atoms with Crippen molar-refractivity contribution in [1.82, 2.24) is 4.90 Å². The van der Waals surface area contributed by atoms with E-state index in [0.717, 1.165) is 24.9 Å². The second kappa shape index (κ2) is 5.61. The van der Waals surface area contributed by atoms with Crippen LogP contribution < -0.4 is 0 Å². The van der Waals surface area contributed by atoms with E-state index in [1.807, 2.05) is 0 Å². The molecule has 0 amide bonds. The van der Waals surface area contributed by atoms with Crippen LogP contribution in [0.4, 0.5) is 0 Å². The van der Waals surface area contributed by atoms with Crippen molar-refractivity contribution in [2.75, 3.05) is 13.2 Å². The number of hydrogen-bond acceptors (Lipinski definition) is 2. The van der Waals surface area contributed by atoms with Gasteiger partial charge in [-0.05, 0) is 46.1 Å². The SMILES string of the molecule is CC1CCCC(C)N1CCCCO. The number of aliphatic hydroxyl groups excluding tert-OH is 1. The predicted octanol–water partition coefficient (Wildman–Crippen LogP) is 2.02. The van der Waals surface area contributed by atoms with E-state index in [9.17, 15) is 0 Å². The zero-order chi connectivity index (χ0) is 9.68. The molecule has 2 atom stereocenters. The van der Waals surface area contributed by atoms with Crippen molar-refractivity contribution in [3.05, 3.63) is 0 Å². The Morgan fingerprint density at radius 3 is 2.31 bits per heavy atom. The van der Waals surface area contributed by atoms with Crippen molar-refractivity contribution >= 4 is 0 Å². The van der Waals surface area contributed by atoms with Gasteiger partial charge in [-0.2, -0.15) is 0 Å². The highest BCUT2D eigenvalue weighted by atomic mass is 16.2. The van der Waals surface area contributed by atoms with Crippen LogP contribution in [-0.2, 0) is 0 Å². The van der Waals surface area contributed by atoms with E-state index in [-0.39, 0.29) is 0 Å². The highest BCUT2D eigenvalue weighted by Crippen LogP contribution is 2.22. The third-order valence-corrected chi connectivity index (χ3v) is 3.20. The minimum atomic E-state index is 0.344. The highest BCUT2D eigenvalue weighted by Gasteiger charge is 2.23. The summed E-state index contributed by atoms with van der Waals surface area (Å²) in [6.45, 7) is 6.17. The molecule has 0 aromatic heterocycles. The lowest BCUT2D eigenvalue weighted by Gasteiger charge is -2.39. The largest absolute Gasteiger partial charge is 0.396 e. The monoisotopic (exact) mass is 185 g/mol. The maximum atomic E-state index is 8.71. The van der Waals surface area contributed by atoms with Crippen LogP contribution in [-0.4, -0.2) is 35.2 Å². The van der Waals surface area contributed by atoms with Gasteiger partial charge in [0.1, 0.15) is 0 Å². The Bertz CT molecular complexity index is 128. The molecular weight excluding hydrogens is 162 g/mol. The third kappa shape index (κ3) is 3.28. The van der Waals surface area contributed by atoms with E-state index in [1.165, 1.54) is 25.8 Å². The van der Waals surface area contributed by atoms with Crippen molar-refractivity contribution in [2.45, 2.75) is 58.0 Å². The lowest BCUT2D eigenvalue weighted by atomic mass is 9.97. The smallest absolute Gasteiger partial charge is 0.0431 e. The Hall–Kier alpha value is -0.0800. The summed E-state index contributed by atoms with van der Waals surface area (Å²) in [5.74, 6) is 0. The molecule has 0 radical (unpaired) electrons. The second-order valence-corrected chi connectivity index (χ2v) is 4.30. The van der Waals surface area contributed by atoms with Crippen LogP contribution in [0.25, 0.3) is 0 Å². The molecule has 2 nitrogen and oxygen atoms in total. The number of nitrogens with zero attached hydrogens (tertiary/aromatic N) is 1.